The molecule has 0 aromatic rings. The van der Waals surface area contributed by atoms with E-state index in [9.17, 15) is 42.7 Å². The van der Waals surface area contributed by atoms with Crippen LogP contribution in [0.25, 0.3) is 0 Å². The van der Waals surface area contributed by atoms with Gasteiger partial charge in [0.1, 0.15) is 17.1 Å². The molecule has 0 radical (unpaired) electrons. The summed E-state index contributed by atoms with van der Waals surface area (Å²) >= 11 is 0. The standard InChI is InChI=1S/C18H32N2O3.C15H25NO.C14H25NO.C13H24N2O.2C13H23NO.C13H26.C12H20FNO.C11H18N2/c1-13-6-8-15(9-7-13)16(21)20-11-10-19(12-14(20)2)17(22)23-18(3,4)5;1-11-5-7-12(8-6-11)15(17)16-13-3-2-4-14(16)10-9-13;1-11-6-8-13(9-7-11)14(16)15-10-4-3-5-12(15)2;1-10-3-5-12(6-4-10)13(16)15-8-7-14-11(2)9-15;2*1-11-5-7-12(8-6-11)13(15)14-9-3-2-4-10-14;1-10(2)9-12(4)13-7-5-11(3)6-8-13;1-9-3-5-10(6-4-9)11(15)14-7-12(2,13)8-14;1-8-3-5-10(6-4-8)11-7-12-9(2)13-11/h13-15H,6-12H2,1-5H3;11-14H,2-10H2,1H3;11-13H,3-10H2,1-2H3;10-12,14H,3-9H2,1-2H3;2*11-12H,2-10H2,1H3;10-13H,5-9H2,1-4H3;9-10H,3-8H2,1-2H3;8,10H,3-7H2,1-2H3/t13?,14-,15?;11?,12?,13-,14+;11?,12-,13?;10?,11-,12?;;;11?,12-,13?;;/m1.10..1../s1. The first-order chi connectivity index (χ1) is 68.1. The van der Waals surface area contributed by atoms with Crippen LogP contribution in [0.5, 0.6) is 0 Å². The van der Waals surface area contributed by atoms with E-state index in [1.54, 1.807) is 16.7 Å². The lowest BCUT2D eigenvalue weighted by Crippen LogP contribution is -2.60. The van der Waals surface area contributed by atoms with Gasteiger partial charge in [0.25, 0.3) is 0 Å². The maximum absolute atomic E-state index is 13.3. The van der Waals surface area contributed by atoms with Crippen LogP contribution in [0.1, 0.15) is 466 Å². The van der Waals surface area contributed by atoms with Crippen molar-refractivity contribution in [3.05, 3.63) is 0 Å². The molecule has 143 heavy (non-hydrogen) atoms. The molecule has 9 aliphatic carbocycles. The normalized spacial score (nSPS) is 34.3. The SMILES string of the molecule is CC(C)C[C@@H](C)C1CCC(C)CC1.CC1=NCC(C2CCC(C)CC2)=N1.CC1CCC(C(=O)N2CC(C)(F)C2)CC1.CC1CCC(C(=O)N2CCCCC2)CC1.CC1CCC(C(=O)N2CCCCC2)CC1.CC1CCC(C(=O)N2CCCC[C@H]2C)CC1.CC1CCC(C(=O)N2CCN(C(=O)OC(C)(C)C)C[C@H]2C)CC1.CC1CCC(C(=O)N2CCN[C@@H](C)C2)CC1.CC1CCC(C(=O)N2[C@@H]3CCC[C@H]2CC3)CC1. The number of carbonyl (C=O) groups excluding carboxylic acids is 8. The summed E-state index contributed by atoms with van der Waals surface area (Å²) in [5.41, 5.74) is -0.256. The first-order valence-corrected chi connectivity index (χ1v) is 60.7. The number of piperazine rings is 2. The van der Waals surface area contributed by atoms with E-state index in [-0.39, 0.29) is 35.8 Å². The summed E-state index contributed by atoms with van der Waals surface area (Å²) < 4.78 is 18.7. The second-order valence-electron chi connectivity index (χ2n) is 52.5. The van der Waals surface area contributed by atoms with E-state index in [1.807, 2.05) is 39.5 Å². The van der Waals surface area contributed by atoms with Gasteiger partial charge in [-0.05, 0) is 434 Å². The minimum Gasteiger partial charge on any atom is -0.444 e. The molecule has 21 heteroatoms. The molecule has 1 N–H and O–H groups in total. The molecule has 2 bridgehead atoms. The van der Waals surface area contributed by atoms with Gasteiger partial charge in [-0.1, -0.05) is 109 Å². The second-order valence-corrected chi connectivity index (χ2v) is 52.5. The van der Waals surface area contributed by atoms with Crippen LogP contribution < -0.4 is 5.32 Å². The van der Waals surface area contributed by atoms with Crippen LogP contribution in [0, 0.1) is 118 Å². The Kier molecular flexibility index (Phi) is 50.3. The lowest BCUT2D eigenvalue weighted by atomic mass is 9.75. The summed E-state index contributed by atoms with van der Waals surface area (Å²) in [7, 11) is 0. The highest BCUT2D eigenvalue weighted by atomic mass is 19.1. The average Bonchev–Trinajstić information content (AvgIpc) is 1.70. The number of carbonyl (C=O) groups is 8. The van der Waals surface area contributed by atoms with Crippen molar-refractivity contribution in [2.75, 3.05) is 91.6 Å². The molecule has 18 rings (SSSR count). The molecular weight excluding hydrogens is 1780 g/mol. The maximum atomic E-state index is 13.3. The third-order valence-corrected chi connectivity index (χ3v) is 37.5. The summed E-state index contributed by atoms with van der Waals surface area (Å²) in [5, 5.41) is 3.38. The van der Waals surface area contributed by atoms with Crippen LogP contribution in [0.4, 0.5) is 9.18 Å². The van der Waals surface area contributed by atoms with Crippen LogP contribution in [-0.2, 0) is 38.3 Å². The molecule has 820 valence electrons. The molecule has 6 atom stereocenters. The molecular formula is C122H216FN11O9. The van der Waals surface area contributed by atoms with Gasteiger partial charge in [0.15, 0.2) is 0 Å². The van der Waals surface area contributed by atoms with E-state index < -0.39 is 11.3 Å². The predicted molar refractivity (Wildman–Crippen MR) is 587 cm³/mol. The third kappa shape index (κ3) is 39.8. The molecule has 17 fully saturated rings. The molecule has 9 saturated carbocycles. The van der Waals surface area contributed by atoms with E-state index in [4.69, 9.17) is 4.74 Å². The Morgan fingerprint density at radius 1 is 0.364 bits per heavy atom. The van der Waals surface area contributed by atoms with E-state index in [0.717, 1.165) is 257 Å². The lowest BCUT2D eigenvalue weighted by Gasteiger charge is -2.44. The van der Waals surface area contributed by atoms with Crippen LogP contribution >= 0.6 is 0 Å². The monoisotopic (exact) mass is 2000 g/mol. The van der Waals surface area contributed by atoms with Crippen LogP contribution in [0.15, 0.2) is 9.98 Å². The van der Waals surface area contributed by atoms with Gasteiger partial charge < -0.3 is 49.3 Å². The lowest BCUT2D eigenvalue weighted by molar-refractivity contribution is -0.150. The van der Waals surface area contributed by atoms with Crippen LogP contribution in [-0.4, -0.2) is 231 Å². The summed E-state index contributed by atoms with van der Waals surface area (Å²) in [5.74, 6) is 17.2. The number of nitrogens with zero attached hydrogens (tertiary/aromatic N) is 10. The summed E-state index contributed by atoms with van der Waals surface area (Å²) in [6.45, 7) is 54.6. The van der Waals surface area contributed by atoms with Gasteiger partial charge >= 0.3 is 6.09 Å². The Morgan fingerprint density at radius 2 is 0.713 bits per heavy atom. The van der Waals surface area contributed by atoms with Gasteiger partial charge in [-0.3, -0.25) is 38.6 Å². The van der Waals surface area contributed by atoms with Crippen LogP contribution in [0.2, 0.25) is 0 Å². The second kappa shape index (κ2) is 60.1. The number of fused-ring (bicyclic) bond motifs is 2. The van der Waals surface area contributed by atoms with Crippen molar-refractivity contribution in [3.63, 3.8) is 0 Å². The topological polar surface area (TPSA) is 208 Å². The molecule has 0 aromatic heterocycles. The Balaban J connectivity index is 0.000000166. The number of likely N-dealkylation sites (tertiary alicyclic amines) is 4. The Labute approximate surface area is 873 Å². The van der Waals surface area contributed by atoms with Crippen LogP contribution in [0.3, 0.4) is 0 Å². The van der Waals surface area contributed by atoms with Crippen molar-refractivity contribution in [1.82, 2.24) is 44.5 Å². The fourth-order valence-electron chi connectivity index (χ4n) is 27.3. The highest BCUT2D eigenvalue weighted by molar-refractivity contribution is 6.04. The Bertz CT molecular complexity index is 3730. The zero-order valence-corrected chi connectivity index (χ0v) is 95.4. The Morgan fingerprint density at radius 3 is 1.06 bits per heavy atom. The van der Waals surface area contributed by atoms with Crippen molar-refractivity contribution in [3.8, 4) is 0 Å². The number of halogens is 1. The summed E-state index contributed by atoms with van der Waals surface area (Å²) in [6, 6.07) is 2.23. The molecule has 20 nitrogen and oxygen atoms in total. The summed E-state index contributed by atoms with van der Waals surface area (Å²) in [4.78, 5) is 124. The minimum absolute atomic E-state index is 0.0584. The number of ether oxygens (including phenoxy) is 1. The predicted octanol–water partition coefficient (Wildman–Crippen LogP) is 26.7. The van der Waals surface area contributed by atoms with Gasteiger partial charge in [0.05, 0.1) is 19.6 Å². The van der Waals surface area contributed by atoms with Crippen molar-refractivity contribution < 1.29 is 47.5 Å². The first kappa shape index (κ1) is 120. The average molecular weight is 2000 g/mol. The number of rotatable bonds is 11. The zero-order chi connectivity index (χ0) is 104. The molecule has 0 aromatic carbocycles. The smallest absolute Gasteiger partial charge is 0.410 e. The molecule has 8 amide bonds. The number of amidine groups is 1. The number of alkyl halides is 1. The Hall–Kier alpha value is -5.21. The highest BCUT2D eigenvalue weighted by Gasteiger charge is 2.46. The van der Waals surface area contributed by atoms with E-state index in [1.165, 1.54) is 218 Å². The van der Waals surface area contributed by atoms with Crippen molar-refractivity contribution >= 4 is 59.0 Å². The quantitative estimate of drug-likeness (QED) is 0.207. The van der Waals surface area contributed by atoms with Gasteiger partial charge in [0.2, 0.25) is 41.4 Å². The molecule has 0 unspecified atom stereocenters. The van der Waals surface area contributed by atoms with Gasteiger partial charge in [-0.2, -0.15) is 0 Å². The van der Waals surface area contributed by atoms with E-state index >= 15 is 0 Å². The van der Waals surface area contributed by atoms with Gasteiger partial charge in [-0.15, -0.1) is 0 Å². The van der Waals surface area contributed by atoms with Gasteiger partial charge in [-0.25, -0.2) is 14.2 Å². The summed E-state index contributed by atoms with van der Waals surface area (Å²) in [6.07, 6.45) is 62.6. The molecule has 8 saturated heterocycles. The van der Waals surface area contributed by atoms with Crippen molar-refractivity contribution in [2.24, 2.45) is 128 Å². The molecule has 9 heterocycles. The van der Waals surface area contributed by atoms with E-state index in [0.29, 0.717) is 116 Å². The van der Waals surface area contributed by atoms with E-state index in [2.05, 4.69) is 137 Å². The number of piperidine rings is 4. The number of nitrogens with one attached hydrogen (secondary N) is 1. The number of hydrogen-bond acceptors (Lipinski definition) is 12. The maximum Gasteiger partial charge on any atom is 0.410 e. The van der Waals surface area contributed by atoms with Gasteiger partial charge in [0, 0.05) is 149 Å². The van der Waals surface area contributed by atoms with Crippen molar-refractivity contribution in [2.45, 2.75) is 507 Å². The minimum atomic E-state index is -1.13. The molecule has 0 spiro atoms. The molecule has 18 aliphatic rings. The first-order valence-electron chi connectivity index (χ1n) is 60.7. The fourth-order valence-corrected chi connectivity index (χ4v) is 27.3. The third-order valence-electron chi connectivity index (χ3n) is 37.5. The largest absolute Gasteiger partial charge is 0.444 e. The number of aliphatic imine (C=N–C) groups is 2. The molecule has 9 aliphatic heterocycles. The number of hydrogen-bond donors (Lipinski definition) is 1. The number of amides is 8. The highest BCUT2D eigenvalue weighted by Crippen LogP contribution is 2.43. The fraction of sp³-hybridized carbons (Fsp3) is 0.918. The van der Waals surface area contributed by atoms with Crippen molar-refractivity contribution in [1.29, 1.82) is 0 Å². The zero-order valence-electron chi connectivity index (χ0n) is 95.4.